The molecule has 1 aliphatic heterocycles. The van der Waals surface area contributed by atoms with E-state index in [1.54, 1.807) is 0 Å². The van der Waals surface area contributed by atoms with Crippen molar-refractivity contribution in [3.05, 3.63) is 77.3 Å². The first-order valence-corrected chi connectivity index (χ1v) is 11.6. The second-order valence-electron chi connectivity index (χ2n) is 9.89. The molecule has 0 radical (unpaired) electrons. The van der Waals surface area contributed by atoms with Crippen LogP contribution in [0.2, 0.25) is 0 Å². The molecule has 158 valence electrons. The van der Waals surface area contributed by atoms with Gasteiger partial charge >= 0.3 is 7.12 Å². The van der Waals surface area contributed by atoms with Gasteiger partial charge in [0.05, 0.1) is 11.2 Å². The lowest BCUT2D eigenvalue weighted by molar-refractivity contribution is 0.00578. The highest BCUT2D eigenvalue weighted by atomic mass is 16.7. The van der Waals surface area contributed by atoms with Crippen molar-refractivity contribution in [2.24, 2.45) is 5.92 Å². The molecule has 0 unspecified atom stereocenters. The average Bonchev–Trinajstić information content (AvgIpc) is 2.97. The lowest BCUT2D eigenvalue weighted by Gasteiger charge is -2.32. The van der Waals surface area contributed by atoms with Crippen LogP contribution < -0.4 is 0 Å². The van der Waals surface area contributed by atoms with E-state index in [0.717, 1.165) is 6.42 Å². The Bertz CT molecular complexity index is 848. The van der Waals surface area contributed by atoms with Gasteiger partial charge in [-0.15, -0.1) is 0 Å². The van der Waals surface area contributed by atoms with E-state index in [0.29, 0.717) is 5.92 Å². The van der Waals surface area contributed by atoms with Crippen LogP contribution >= 0.6 is 0 Å². The van der Waals surface area contributed by atoms with E-state index in [2.05, 4.69) is 88.4 Å². The SMILES string of the molecule is CC1(C)OB(/C(Cc2ccccc2)=C(\c2ccccc2)C2CCCCC2)OC1(C)C. The zero-order chi connectivity index (χ0) is 21.2. The third-order valence-corrected chi connectivity index (χ3v) is 7.22. The second-order valence-corrected chi connectivity index (χ2v) is 9.89. The van der Waals surface area contributed by atoms with E-state index in [4.69, 9.17) is 9.31 Å². The van der Waals surface area contributed by atoms with Gasteiger partial charge in [-0.3, -0.25) is 0 Å². The number of rotatable bonds is 5. The van der Waals surface area contributed by atoms with Gasteiger partial charge in [0.1, 0.15) is 0 Å². The van der Waals surface area contributed by atoms with Crippen LogP contribution in [0.15, 0.2) is 66.1 Å². The van der Waals surface area contributed by atoms with Gasteiger partial charge in [0.15, 0.2) is 0 Å². The lowest BCUT2D eigenvalue weighted by atomic mass is 9.66. The van der Waals surface area contributed by atoms with Crippen molar-refractivity contribution in [3.8, 4) is 0 Å². The van der Waals surface area contributed by atoms with E-state index >= 15 is 0 Å². The van der Waals surface area contributed by atoms with Crippen molar-refractivity contribution in [2.75, 3.05) is 0 Å². The smallest absolute Gasteiger partial charge is 0.400 e. The molecule has 3 heteroatoms. The lowest BCUT2D eigenvalue weighted by Crippen LogP contribution is -2.41. The van der Waals surface area contributed by atoms with Crippen LogP contribution in [0.25, 0.3) is 5.57 Å². The molecular formula is C27H35BO2. The van der Waals surface area contributed by atoms with Gasteiger partial charge in [-0.05, 0) is 75.0 Å². The van der Waals surface area contributed by atoms with Crippen molar-refractivity contribution in [2.45, 2.75) is 77.4 Å². The Hall–Kier alpha value is -1.84. The summed E-state index contributed by atoms with van der Waals surface area (Å²) in [6.45, 7) is 8.59. The summed E-state index contributed by atoms with van der Waals surface area (Å²) >= 11 is 0. The topological polar surface area (TPSA) is 18.5 Å². The van der Waals surface area contributed by atoms with Crippen molar-refractivity contribution in [1.29, 1.82) is 0 Å². The maximum atomic E-state index is 6.61. The first-order valence-electron chi connectivity index (χ1n) is 11.6. The summed E-state index contributed by atoms with van der Waals surface area (Å²) in [4.78, 5) is 0. The Kier molecular flexibility index (Phi) is 6.22. The monoisotopic (exact) mass is 402 g/mol. The molecule has 1 aliphatic carbocycles. The molecule has 2 aromatic rings. The van der Waals surface area contributed by atoms with Crippen LogP contribution in [-0.4, -0.2) is 18.3 Å². The van der Waals surface area contributed by atoms with Crippen LogP contribution in [0.5, 0.6) is 0 Å². The van der Waals surface area contributed by atoms with Gasteiger partial charge in [-0.1, -0.05) is 79.9 Å². The Labute approximate surface area is 182 Å². The zero-order valence-electron chi connectivity index (χ0n) is 19.0. The molecule has 1 saturated carbocycles. The van der Waals surface area contributed by atoms with Gasteiger partial charge in [0, 0.05) is 0 Å². The molecule has 2 fully saturated rings. The average molecular weight is 402 g/mol. The first kappa shape index (κ1) is 21.4. The molecule has 2 nitrogen and oxygen atoms in total. The standard InChI is InChI=1S/C27H35BO2/c1-26(2)27(3,4)30-28(29-26)24(20-21-14-8-5-9-15-21)25(22-16-10-6-11-17-22)23-18-12-7-13-19-23/h5-6,8-11,14-17,23H,7,12-13,18-20H2,1-4H3/b25-24+. The van der Waals surface area contributed by atoms with E-state index < -0.39 is 0 Å². The van der Waals surface area contributed by atoms with Gasteiger partial charge in [-0.25, -0.2) is 0 Å². The summed E-state index contributed by atoms with van der Waals surface area (Å²) in [5, 5.41) is 0. The van der Waals surface area contributed by atoms with Crippen molar-refractivity contribution < 1.29 is 9.31 Å². The fraction of sp³-hybridized carbons (Fsp3) is 0.481. The molecule has 1 saturated heterocycles. The maximum Gasteiger partial charge on any atom is 0.491 e. The van der Waals surface area contributed by atoms with Crippen LogP contribution in [-0.2, 0) is 15.7 Å². The first-order chi connectivity index (χ1) is 14.4. The Balaban J connectivity index is 1.84. The molecule has 0 bridgehead atoms. The van der Waals surface area contributed by atoms with Crippen LogP contribution in [0.4, 0.5) is 0 Å². The normalized spacial score (nSPS) is 22.1. The summed E-state index contributed by atoms with van der Waals surface area (Å²) in [7, 11) is -0.313. The summed E-state index contributed by atoms with van der Waals surface area (Å²) in [6.07, 6.45) is 7.33. The fourth-order valence-corrected chi connectivity index (χ4v) is 4.80. The molecule has 4 rings (SSSR count). The Morgan fingerprint density at radius 3 is 1.90 bits per heavy atom. The summed E-state index contributed by atoms with van der Waals surface area (Å²) in [6, 6.07) is 21.7. The van der Waals surface area contributed by atoms with E-state index in [1.165, 1.54) is 54.3 Å². The highest BCUT2D eigenvalue weighted by molar-refractivity contribution is 6.56. The molecule has 0 atom stereocenters. The molecule has 0 aromatic heterocycles. The third kappa shape index (κ3) is 4.43. The van der Waals surface area contributed by atoms with E-state index in [1.807, 2.05) is 0 Å². The van der Waals surface area contributed by atoms with Crippen molar-refractivity contribution in [1.82, 2.24) is 0 Å². The third-order valence-electron chi connectivity index (χ3n) is 7.22. The molecule has 1 heterocycles. The largest absolute Gasteiger partial charge is 0.491 e. The highest BCUT2D eigenvalue weighted by Crippen LogP contribution is 2.44. The van der Waals surface area contributed by atoms with Crippen LogP contribution in [0, 0.1) is 5.92 Å². The molecule has 0 N–H and O–H groups in total. The Morgan fingerprint density at radius 2 is 1.33 bits per heavy atom. The maximum absolute atomic E-state index is 6.61. The minimum absolute atomic E-state index is 0.313. The van der Waals surface area contributed by atoms with Gasteiger partial charge < -0.3 is 9.31 Å². The quantitative estimate of drug-likeness (QED) is 0.507. The molecule has 30 heavy (non-hydrogen) atoms. The predicted molar refractivity (Wildman–Crippen MR) is 126 cm³/mol. The molecule has 0 spiro atoms. The zero-order valence-corrected chi connectivity index (χ0v) is 19.0. The van der Waals surface area contributed by atoms with Gasteiger partial charge in [0.2, 0.25) is 0 Å². The molecule has 2 aromatic carbocycles. The van der Waals surface area contributed by atoms with Crippen molar-refractivity contribution in [3.63, 3.8) is 0 Å². The second kappa shape index (κ2) is 8.73. The summed E-state index contributed by atoms with van der Waals surface area (Å²) < 4.78 is 13.2. The molecular weight excluding hydrogens is 367 g/mol. The molecule has 0 amide bonds. The van der Waals surface area contributed by atoms with E-state index in [-0.39, 0.29) is 18.3 Å². The summed E-state index contributed by atoms with van der Waals surface area (Å²) in [5.41, 5.74) is 4.72. The number of hydrogen-bond donors (Lipinski definition) is 0. The number of allylic oxidation sites excluding steroid dienone is 2. The Morgan fingerprint density at radius 1 is 0.800 bits per heavy atom. The highest BCUT2D eigenvalue weighted by Gasteiger charge is 2.53. The number of hydrogen-bond acceptors (Lipinski definition) is 2. The minimum Gasteiger partial charge on any atom is -0.400 e. The van der Waals surface area contributed by atoms with Crippen LogP contribution in [0.1, 0.15) is 70.9 Å². The van der Waals surface area contributed by atoms with Gasteiger partial charge in [-0.2, -0.15) is 0 Å². The summed E-state index contributed by atoms with van der Waals surface area (Å²) in [5.74, 6) is 0.568. The minimum atomic E-state index is -0.339. The van der Waals surface area contributed by atoms with E-state index in [9.17, 15) is 0 Å². The fourth-order valence-electron chi connectivity index (χ4n) is 4.80. The number of benzene rings is 2. The predicted octanol–water partition coefficient (Wildman–Crippen LogP) is 6.89. The van der Waals surface area contributed by atoms with Crippen LogP contribution in [0.3, 0.4) is 0 Å². The molecule has 2 aliphatic rings. The van der Waals surface area contributed by atoms with Gasteiger partial charge in [0.25, 0.3) is 0 Å². The van der Waals surface area contributed by atoms with Crippen molar-refractivity contribution >= 4 is 12.7 Å².